The highest BCUT2D eigenvalue weighted by Crippen LogP contribution is 2.08. The first-order valence-corrected chi connectivity index (χ1v) is 8.86. The molecule has 0 bridgehead atoms. The van der Waals surface area contributed by atoms with Crippen molar-refractivity contribution in [2.75, 3.05) is 0 Å². The Morgan fingerprint density at radius 2 is 1.77 bits per heavy atom. The quantitative estimate of drug-likeness (QED) is 0.688. The third-order valence-corrected chi connectivity index (χ3v) is 4.54. The van der Waals surface area contributed by atoms with Gasteiger partial charge in [-0.2, -0.15) is 5.10 Å². The molecule has 0 atom stereocenters. The molecule has 0 aliphatic rings. The molecule has 1 aromatic heterocycles. The minimum absolute atomic E-state index is 0.00698. The smallest absolute Gasteiger partial charge is 0.216 e. The number of H-pyrrole nitrogens is 1. The van der Waals surface area contributed by atoms with E-state index in [2.05, 4.69) is 20.2 Å². The largest absolute Gasteiger partial charge is 0.307 e. The second-order valence-electron chi connectivity index (χ2n) is 5.53. The molecule has 1 aromatic carbocycles. The Balaban J connectivity index is 1.85. The van der Waals surface area contributed by atoms with Gasteiger partial charge in [0.15, 0.2) is 0 Å². The molecule has 7 heteroatoms. The van der Waals surface area contributed by atoms with E-state index < -0.39 is 10.0 Å². The zero-order valence-corrected chi connectivity index (χ0v) is 13.7. The van der Waals surface area contributed by atoms with Gasteiger partial charge in [-0.3, -0.25) is 5.10 Å². The molecule has 120 valence electrons. The van der Waals surface area contributed by atoms with E-state index >= 15 is 0 Å². The van der Waals surface area contributed by atoms with E-state index in [1.54, 1.807) is 6.20 Å². The molecule has 1 heterocycles. The molecule has 2 aromatic rings. The molecule has 2 rings (SSSR count). The number of sulfonamides is 1. The number of aromatic amines is 1. The predicted molar refractivity (Wildman–Crippen MR) is 86.5 cm³/mol. The maximum Gasteiger partial charge on any atom is 0.216 e. The number of hydrogen-bond acceptors (Lipinski definition) is 4. The molecule has 0 amide bonds. The van der Waals surface area contributed by atoms with Crippen LogP contribution in [-0.2, 0) is 28.9 Å². The van der Waals surface area contributed by atoms with Crippen LogP contribution in [0.15, 0.2) is 36.5 Å². The van der Waals surface area contributed by atoms with Gasteiger partial charge in [-0.25, -0.2) is 13.1 Å². The van der Waals surface area contributed by atoms with E-state index in [4.69, 9.17) is 0 Å². The second-order valence-corrected chi connectivity index (χ2v) is 7.29. The first-order valence-electron chi connectivity index (χ1n) is 7.21. The van der Waals surface area contributed by atoms with Gasteiger partial charge in [0.2, 0.25) is 10.0 Å². The van der Waals surface area contributed by atoms with E-state index in [0.717, 1.165) is 23.4 Å². The monoisotopic (exact) mass is 322 g/mol. The number of nitrogens with zero attached hydrogens (tertiary/aromatic N) is 1. The van der Waals surface area contributed by atoms with E-state index in [0.29, 0.717) is 6.54 Å². The molecule has 0 saturated heterocycles. The SMILES string of the molecule is CC(C)NS(=O)(=O)Cc1ccc(CNCc2ccn[nH]2)cc1. The number of rotatable bonds is 8. The van der Waals surface area contributed by atoms with Crippen LogP contribution in [0.2, 0.25) is 0 Å². The highest BCUT2D eigenvalue weighted by molar-refractivity contribution is 7.88. The van der Waals surface area contributed by atoms with E-state index in [1.807, 2.05) is 44.2 Å². The van der Waals surface area contributed by atoms with E-state index in [1.165, 1.54) is 0 Å². The van der Waals surface area contributed by atoms with Crippen molar-refractivity contribution in [3.63, 3.8) is 0 Å². The second kappa shape index (κ2) is 7.53. The van der Waals surface area contributed by atoms with Crippen LogP contribution in [0.3, 0.4) is 0 Å². The van der Waals surface area contributed by atoms with Crippen LogP contribution in [0.1, 0.15) is 30.7 Å². The van der Waals surface area contributed by atoms with Crippen LogP contribution in [0.4, 0.5) is 0 Å². The Kier molecular flexibility index (Phi) is 5.70. The Bertz CT molecular complexity index is 664. The molecule has 0 spiro atoms. The summed E-state index contributed by atoms with van der Waals surface area (Å²) in [4.78, 5) is 0. The number of aromatic nitrogens is 2. The lowest BCUT2D eigenvalue weighted by molar-refractivity contribution is 0.569. The highest BCUT2D eigenvalue weighted by Gasteiger charge is 2.12. The van der Waals surface area contributed by atoms with Gasteiger partial charge in [-0.1, -0.05) is 24.3 Å². The van der Waals surface area contributed by atoms with Crippen molar-refractivity contribution in [2.45, 2.75) is 38.7 Å². The standard InChI is InChI=1S/C15H22N4O2S/c1-12(2)19-22(20,21)11-14-5-3-13(4-6-14)9-16-10-15-7-8-17-18-15/h3-8,12,16,19H,9-11H2,1-2H3,(H,17,18). The van der Waals surface area contributed by atoms with E-state index in [9.17, 15) is 8.42 Å². The molecule has 0 fully saturated rings. The number of nitrogens with one attached hydrogen (secondary N) is 3. The van der Waals surface area contributed by atoms with E-state index in [-0.39, 0.29) is 11.8 Å². The maximum atomic E-state index is 11.9. The Labute approximate surface area is 131 Å². The topological polar surface area (TPSA) is 86.9 Å². The summed E-state index contributed by atoms with van der Waals surface area (Å²) in [7, 11) is -3.27. The summed E-state index contributed by atoms with van der Waals surface area (Å²) >= 11 is 0. The fraction of sp³-hybridized carbons (Fsp3) is 0.400. The normalized spacial score (nSPS) is 12.0. The summed E-state index contributed by atoms with van der Waals surface area (Å²) in [6, 6.07) is 9.43. The minimum Gasteiger partial charge on any atom is -0.307 e. The number of hydrogen-bond donors (Lipinski definition) is 3. The van der Waals surface area contributed by atoms with Gasteiger partial charge in [-0.05, 0) is 31.0 Å². The lowest BCUT2D eigenvalue weighted by Crippen LogP contribution is -2.31. The van der Waals surface area contributed by atoms with Crippen molar-refractivity contribution in [1.82, 2.24) is 20.2 Å². The van der Waals surface area contributed by atoms with Crippen molar-refractivity contribution >= 4 is 10.0 Å². The van der Waals surface area contributed by atoms with Crippen LogP contribution >= 0.6 is 0 Å². The molecule has 22 heavy (non-hydrogen) atoms. The Hall–Kier alpha value is -1.70. The first kappa shape index (κ1) is 16.7. The van der Waals surface area contributed by atoms with Gasteiger partial charge in [0.25, 0.3) is 0 Å². The summed E-state index contributed by atoms with van der Waals surface area (Å²) in [6.45, 7) is 5.06. The molecule has 3 N–H and O–H groups in total. The van der Waals surface area contributed by atoms with Gasteiger partial charge in [-0.15, -0.1) is 0 Å². The molecule has 6 nitrogen and oxygen atoms in total. The fourth-order valence-corrected chi connectivity index (χ4v) is 3.53. The molecule has 0 aliphatic carbocycles. The zero-order valence-electron chi connectivity index (χ0n) is 12.8. The summed E-state index contributed by atoms with van der Waals surface area (Å²) < 4.78 is 26.3. The summed E-state index contributed by atoms with van der Waals surface area (Å²) in [5, 5.41) is 10.1. The highest BCUT2D eigenvalue weighted by atomic mass is 32.2. The van der Waals surface area contributed by atoms with Crippen molar-refractivity contribution in [2.24, 2.45) is 0 Å². The van der Waals surface area contributed by atoms with Gasteiger partial charge < -0.3 is 5.32 Å². The molecular weight excluding hydrogens is 300 g/mol. The van der Waals surface area contributed by atoms with Crippen LogP contribution < -0.4 is 10.0 Å². The fourth-order valence-electron chi connectivity index (χ4n) is 2.10. The lowest BCUT2D eigenvalue weighted by atomic mass is 10.1. The Morgan fingerprint density at radius 1 is 1.09 bits per heavy atom. The first-order chi connectivity index (χ1) is 10.4. The molecule has 0 saturated carbocycles. The van der Waals surface area contributed by atoms with Crippen LogP contribution in [0.25, 0.3) is 0 Å². The third kappa shape index (κ3) is 5.59. The van der Waals surface area contributed by atoms with Crippen LogP contribution in [-0.4, -0.2) is 24.7 Å². The predicted octanol–water partition coefficient (Wildman–Crippen LogP) is 1.53. The lowest BCUT2D eigenvalue weighted by Gasteiger charge is -2.10. The molecular formula is C15H22N4O2S. The third-order valence-electron chi connectivity index (χ3n) is 3.00. The minimum atomic E-state index is -3.27. The van der Waals surface area contributed by atoms with Crippen LogP contribution in [0.5, 0.6) is 0 Å². The average molecular weight is 322 g/mol. The van der Waals surface area contributed by atoms with Gasteiger partial charge in [0.05, 0.1) is 5.75 Å². The van der Waals surface area contributed by atoms with Gasteiger partial charge >= 0.3 is 0 Å². The van der Waals surface area contributed by atoms with Crippen molar-refractivity contribution in [3.05, 3.63) is 53.3 Å². The summed E-state index contributed by atoms with van der Waals surface area (Å²) in [5.74, 6) is 0.00698. The van der Waals surface area contributed by atoms with Crippen LogP contribution in [0, 0.1) is 0 Å². The molecule has 0 aliphatic heterocycles. The van der Waals surface area contributed by atoms with Gasteiger partial charge in [0.1, 0.15) is 0 Å². The maximum absolute atomic E-state index is 11.9. The Morgan fingerprint density at radius 3 is 2.36 bits per heavy atom. The molecule has 0 radical (unpaired) electrons. The summed E-state index contributed by atoms with van der Waals surface area (Å²) in [5.41, 5.74) is 2.92. The average Bonchev–Trinajstić information content (AvgIpc) is 2.92. The molecule has 0 unspecified atom stereocenters. The zero-order chi connectivity index (χ0) is 16.0. The number of benzene rings is 1. The van der Waals surface area contributed by atoms with Crippen molar-refractivity contribution in [3.8, 4) is 0 Å². The van der Waals surface area contributed by atoms with Gasteiger partial charge in [0, 0.05) is 31.0 Å². The van der Waals surface area contributed by atoms with Crippen molar-refractivity contribution < 1.29 is 8.42 Å². The summed E-state index contributed by atoms with van der Waals surface area (Å²) in [6.07, 6.45) is 1.72. The van der Waals surface area contributed by atoms with Crippen molar-refractivity contribution in [1.29, 1.82) is 0 Å².